The smallest absolute Gasteiger partial charge is 0.171 e. The van der Waals surface area contributed by atoms with Crippen LogP contribution in [0, 0.1) is 46.8 Å². The molecule has 4 aliphatic rings. The first-order valence-corrected chi connectivity index (χ1v) is 11.6. The van der Waals surface area contributed by atoms with Crippen molar-refractivity contribution in [1.82, 2.24) is 0 Å². The quantitative estimate of drug-likeness (QED) is 0.398. The summed E-state index contributed by atoms with van der Waals surface area (Å²) in [6, 6.07) is 0. The van der Waals surface area contributed by atoms with E-state index in [1.165, 1.54) is 25.7 Å². The van der Waals surface area contributed by atoms with Crippen molar-refractivity contribution in [2.24, 2.45) is 46.8 Å². The van der Waals surface area contributed by atoms with Crippen LogP contribution in [0.25, 0.3) is 0 Å². The molecule has 0 aromatic rings. The zero-order chi connectivity index (χ0) is 19.3. The molecule has 2 aliphatic heterocycles. The molecule has 162 valence electrons. The third-order valence-electron chi connectivity index (χ3n) is 8.86. The van der Waals surface area contributed by atoms with E-state index in [0.29, 0.717) is 29.3 Å². The topological polar surface area (TPSA) is 18.5 Å². The molecule has 0 radical (unpaired) electrons. The molecule has 2 heterocycles. The Morgan fingerprint density at radius 1 is 1.00 bits per heavy atom. The molecule has 4 rings (SSSR count). The van der Waals surface area contributed by atoms with Gasteiger partial charge in [0, 0.05) is 31.8 Å². The molecule has 28 heavy (non-hydrogen) atoms. The fourth-order valence-corrected chi connectivity index (χ4v) is 7.47. The Balaban J connectivity index is 0.000000950. The van der Waals surface area contributed by atoms with Crippen LogP contribution >= 0.6 is 0 Å². The normalized spacial score (nSPS) is 49.4. The van der Waals surface area contributed by atoms with E-state index in [9.17, 15) is 0 Å². The summed E-state index contributed by atoms with van der Waals surface area (Å²) in [5, 5.41) is 0. The van der Waals surface area contributed by atoms with E-state index in [4.69, 9.17) is 9.47 Å². The molecule has 9 atom stereocenters. The summed E-state index contributed by atoms with van der Waals surface area (Å²) >= 11 is 0. The van der Waals surface area contributed by atoms with Gasteiger partial charge in [0.15, 0.2) is 5.79 Å². The van der Waals surface area contributed by atoms with Crippen molar-refractivity contribution in [1.29, 1.82) is 0 Å². The molecule has 0 amide bonds. The first-order valence-electron chi connectivity index (χ1n) is 11.6. The summed E-state index contributed by atoms with van der Waals surface area (Å²) in [4.78, 5) is 0. The number of hydrogen-bond donors (Lipinski definition) is 0. The zero-order valence-corrected chi connectivity index (χ0v) is 22.4. The molecular weight excluding hydrogens is 398 g/mol. The van der Waals surface area contributed by atoms with Gasteiger partial charge in [0.1, 0.15) is 0 Å². The van der Waals surface area contributed by atoms with E-state index in [1.807, 2.05) is 13.8 Å². The van der Waals surface area contributed by atoms with Crippen LogP contribution in [0.3, 0.4) is 0 Å². The maximum atomic E-state index is 6.75. The number of rotatable bonds is 1. The number of fused-ring (bicyclic) bond motifs is 3. The summed E-state index contributed by atoms with van der Waals surface area (Å²) in [5.41, 5.74) is 0.463. The van der Waals surface area contributed by atoms with Gasteiger partial charge in [-0.25, -0.2) is 0 Å². The second-order valence-electron chi connectivity index (χ2n) is 10.4. The van der Waals surface area contributed by atoms with E-state index < -0.39 is 0 Å². The van der Waals surface area contributed by atoms with Crippen molar-refractivity contribution < 1.29 is 29.0 Å². The molecule has 1 spiro atoms. The van der Waals surface area contributed by atoms with Gasteiger partial charge in [-0.2, -0.15) is 0 Å². The van der Waals surface area contributed by atoms with Crippen LogP contribution in [-0.2, 0) is 29.0 Å². The summed E-state index contributed by atoms with van der Waals surface area (Å²) in [7, 11) is 0. The predicted octanol–water partition coefficient (Wildman–Crippen LogP) is 7.17. The molecule has 3 heteroatoms. The van der Waals surface area contributed by atoms with Gasteiger partial charge >= 0.3 is 0 Å². The van der Waals surface area contributed by atoms with E-state index in [1.54, 1.807) is 0 Å². The average molecular weight is 446 g/mol. The Labute approximate surface area is 189 Å². The molecule has 2 saturated heterocycles. The maximum absolute atomic E-state index is 6.75. The molecule has 4 fully saturated rings. The fraction of sp³-hybridized carbons (Fsp3) is 1.00. The van der Waals surface area contributed by atoms with Crippen molar-refractivity contribution in [3.05, 3.63) is 0 Å². The van der Waals surface area contributed by atoms with Crippen molar-refractivity contribution in [2.75, 3.05) is 6.61 Å². The molecule has 0 bridgehead atoms. The van der Waals surface area contributed by atoms with E-state index in [0.717, 1.165) is 36.7 Å². The maximum Gasteiger partial charge on any atom is 0.171 e. The molecule has 2 aliphatic carbocycles. The van der Waals surface area contributed by atoms with Crippen molar-refractivity contribution in [2.45, 2.75) is 107 Å². The molecule has 0 aromatic carbocycles. The second-order valence-corrected chi connectivity index (χ2v) is 10.4. The van der Waals surface area contributed by atoms with E-state index in [-0.39, 0.29) is 32.7 Å². The van der Waals surface area contributed by atoms with Gasteiger partial charge in [0.25, 0.3) is 0 Å². The Morgan fingerprint density at radius 2 is 1.64 bits per heavy atom. The first kappa shape index (κ1) is 26.6. The summed E-state index contributed by atoms with van der Waals surface area (Å²) < 4.78 is 13.1. The SMILES string of the molecule is C.CC.CC(C)C1CC[C@]2(C)C3C(CC2[C@@H]1C)O[C@]1(CC[C@@H](C)CO1)C3C.[Zn]. The first-order chi connectivity index (χ1) is 12.3. The van der Waals surface area contributed by atoms with E-state index in [2.05, 4.69) is 41.5 Å². The van der Waals surface area contributed by atoms with Crippen LogP contribution in [0.15, 0.2) is 0 Å². The van der Waals surface area contributed by atoms with Gasteiger partial charge in [-0.1, -0.05) is 62.8 Å². The third kappa shape index (κ3) is 4.03. The number of hydrogen-bond acceptors (Lipinski definition) is 2. The Kier molecular flexibility index (Phi) is 9.28. The van der Waals surface area contributed by atoms with Gasteiger partial charge in [0.05, 0.1) is 12.7 Å². The van der Waals surface area contributed by atoms with Gasteiger partial charge in [-0.3, -0.25) is 0 Å². The van der Waals surface area contributed by atoms with Crippen molar-refractivity contribution in [3.63, 3.8) is 0 Å². The molecule has 0 aromatic heterocycles. The van der Waals surface area contributed by atoms with Crippen molar-refractivity contribution in [3.8, 4) is 0 Å². The Morgan fingerprint density at radius 3 is 2.18 bits per heavy atom. The van der Waals surface area contributed by atoms with Crippen LogP contribution < -0.4 is 0 Å². The summed E-state index contributed by atoms with van der Waals surface area (Å²) in [5.74, 6) is 5.09. The van der Waals surface area contributed by atoms with Crippen LogP contribution in [0.2, 0.25) is 0 Å². The van der Waals surface area contributed by atoms with Crippen LogP contribution in [-0.4, -0.2) is 18.5 Å². The third-order valence-corrected chi connectivity index (χ3v) is 8.86. The minimum Gasteiger partial charge on any atom is -0.349 e. The van der Waals surface area contributed by atoms with Gasteiger partial charge in [-0.15, -0.1) is 0 Å². The molecule has 5 unspecified atom stereocenters. The van der Waals surface area contributed by atoms with Crippen LogP contribution in [0.1, 0.15) is 94.9 Å². The average Bonchev–Trinajstić information content (AvgIpc) is 3.05. The van der Waals surface area contributed by atoms with Gasteiger partial charge in [0.2, 0.25) is 0 Å². The number of ether oxygens (including phenoxy) is 2. The van der Waals surface area contributed by atoms with Gasteiger partial charge < -0.3 is 9.47 Å². The Bertz CT molecular complexity index is 485. The minimum absolute atomic E-state index is 0. The van der Waals surface area contributed by atoms with E-state index >= 15 is 0 Å². The standard InChI is InChI=1S/C22H38O2.C2H6.CH4.Zn/c1-13(2)17-8-9-21(6)18(15(17)4)11-19-20(21)16(5)22(24-19)10-7-14(3)12-23-22;1-2;;/h13-20H,7-12H2,1-6H3;1-2H3;1H4;/t14-,15-,16?,17?,18?,19?,20?,21+,22-;;;/m1.../s1. The van der Waals surface area contributed by atoms with Gasteiger partial charge in [-0.05, 0) is 66.6 Å². The largest absolute Gasteiger partial charge is 0.349 e. The molecule has 2 nitrogen and oxygen atoms in total. The molecule has 0 N–H and O–H groups in total. The summed E-state index contributed by atoms with van der Waals surface area (Å²) in [6.07, 6.45) is 6.88. The van der Waals surface area contributed by atoms with Crippen LogP contribution in [0.4, 0.5) is 0 Å². The zero-order valence-electron chi connectivity index (χ0n) is 19.4. The predicted molar refractivity (Wildman–Crippen MR) is 116 cm³/mol. The second kappa shape index (κ2) is 9.78. The minimum atomic E-state index is -0.256. The molecular formula is C25H48O2Zn. The van der Waals surface area contributed by atoms with Crippen LogP contribution in [0.5, 0.6) is 0 Å². The summed E-state index contributed by atoms with van der Waals surface area (Å²) in [6.45, 7) is 19.6. The monoisotopic (exact) mass is 444 g/mol. The fourth-order valence-electron chi connectivity index (χ4n) is 7.47. The van der Waals surface area contributed by atoms with Crippen molar-refractivity contribution >= 4 is 0 Å². The molecule has 2 saturated carbocycles. The Hall–Kier alpha value is 0.543.